The van der Waals surface area contributed by atoms with E-state index in [1.54, 1.807) is 6.08 Å². The zero-order chi connectivity index (χ0) is 9.84. The van der Waals surface area contributed by atoms with Gasteiger partial charge in [0.2, 0.25) is 0 Å². The fraction of sp³-hybridized carbons (Fsp3) is 0.250. The molecule has 0 aliphatic rings. The van der Waals surface area contributed by atoms with Crippen LogP contribution in [-0.2, 0) is 9.53 Å². The second-order valence-electron chi connectivity index (χ2n) is 2.36. The molecule has 2 N–H and O–H groups in total. The number of hydrogen-bond donors (Lipinski definition) is 1. The van der Waals surface area contributed by atoms with Gasteiger partial charge in [0.1, 0.15) is 0 Å². The second kappa shape index (κ2) is 4.04. The van der Waals surface area contributed by atoms with Crippen LogP contribution in [0, 0.1) is 6.92 Å². The van der Waals surface area contributed by atoms with Crippen LogP contribution in [0.4, 0.5) is 5.13 Å². The highest BCUT2D eigenvalue weighted by atomic mass is 32.1. The first-order valence-corrected chi connectivity index (χ1v) is 4.44. The summed E-state index contributed by atoms with van der Waals surface area (Å²) in [5.41, 5.74) is 6.30. The highest BCUT2D eigenvalue weighted by Crippen LogP contribution is 2.20. The van der Waals surface area contributed by atoms with Crippen LogP contribution >= 0.6 is 11.3 Å². The Kier molecular flexibility index (Phi) is 3.02. The van der Waals surface area contributed by atoms with Crippen LogP contribution in [0.2, 0.25) is 0 Å². The summed E-state index contributed by atoms with van der Waals surface area (Å²) < 4.78 is 4.45. The molecule has 1 heterocycles. The molecule has 5 heteroatoms. The quantitative estimate of drug-likeness (QED) is 0.573. The molecule has 0 saturated heterocycles. The number of aromatic nitrogens is 1. The standard InChI is InChI=1S/C8H10N2O2S/c1-5-6(13-8(9)10-5)3-4-7(11)12-2/h3-4H,1-2H3,(H2,9,10). The monoisotopic (exact) mass is 198 g/mol. The SMILES string of the molecule is COC(=O)C=Cc1sc(N)nc1C. The highest BCUT2D eigenvalue weighted by Gasteiger charge is 2.01. The van der Waals surface area contributed by atoms with E-state index < -0.39 is 0 Å². The van der Waals surface area contributed by atoms with Crippen LogP contribution in [0.25, 0.3) is 6.08 Å². The Balaban J connectivity index is 2.79. The molecule has 0 aliphatic heterocycles. The maximum absolute atomic E-state index is 10.7. The lowest BCUT2D eigenvalue weighted by atomic mass is 10.3. The third-order valence-electron chi connectivity index (χ3n) is 1.42. The van der Waals surface area contributed by atoms with Crippen LogP contribution in [0.5, 0.6) is 0 Å². The molecule has 1 aromatic heterocycles. The number of methoxy groups -OCH3 is 1. The molecule has 1 aromatic rings. The first-order chi connectivity index (χ1) is 6.13. The summed E-state index contributed by atoms with van der Waals surface area (Å²) in [5.74, 6) is -0.383. The Morgan fingerprint density at radius 1 is 1.69 bits per heavy atom. The Bertz CT molecular complexity index is 344. The van der Waals surface area contributed by atoms with Gasteiger partial charge in [-0.3, -0.25) is 0 Å². The number of esters is 1. The molecule has 0 amide bonds. The van der Waals surface area contributed by atoms with Crippen molar-refractivity contribution >= 4 is 28.5 Å². The first-order valence-electron chi connectivity index (χ1n) is 3.62. The Hall–Kier alpha value is -1.36. The summed E-state index contributed by atoms with van der Waals surface area (Å²) in [6, 6.07) is 0. The maximum atomic E-state index is 10.7. The van der Waals surface area contributed by atoms with Crippen molar-refractivity contribution in [2.45, 2.75) is 6.92 Å². The van der Waals surface area contributed by atoms with Gasteiger partial charge < -0.3 is 10.5 Å². The Morgan fingerprint density at radius 2 is 2.38 bits per heavy atom. The van der Waals surface area contributed by atoms with Crippen LogP contribution < -0.4 is 5.73 Å². The van der Waals surface area contributed by atoms with Crippen LogP contribution in [0.3, 0.4) is 0 Å². The maximum Gasteiger partial charge on any atom is 0.330 e. The molecule has 0 atom stereocenters. The van der Waals surface area contributed by atoms with Crippen molar-refractivity contribution in [1.29, 1.82) is 0 Å². The van der Waals surface area contributed by atoms with Crippen LogP contribution in [0.15, 0.2) is 6.08 Å². The number of nitrogens with two attached hydrogens (primary N) is 1. The smallest absolute Gasteiger partial charge is 0.330 e. The van der Waals surface area contributed by atoms with Crippen molar-refractivity contribution in [1.82, 2.24) is 4.98 Å². The zero-order valence-corrected chi connectivity index (χ0v) is 8.22. The molecular weight excluding hydrogens is 188 g/mol. The number of ether oxygens (including phenoxy) is 1. The van der Waals surface area contributed by atoms with Gasteiger partial charge in [-0.05, 0) is 13.0 Å². The minimum Gasteiger partial charge on any atom is -0.466 e. The average molecular weight is 198 g/mol. The molecule has 0 fully saturated rings. The Labute approximate surface area is 80.0 Å². The van der Waals surface area contributed by atoms with Crippen molar-refractivity contribution in [3.05, 3.63) is 16.6 Å². The average Bonchev–Trinajstić information content (AvgIpc) is 2.41. The predicted molar refractivity (Wildman–Crippen MR) is 52.3 cm³/mol. The lowest BCUT2D eigenvalue weighted by Crippen LogP contribution is -1.93. The van der Waals surface area contributed by atoms with Crippen LogP contribution in [-0.4, -0.2) is 18.1 Å². The summed E-state index contributed by atoms with van der Waals surface area (Å²) >= 11 is 1.34. The van der Waals surface area contributed by atoms with Gasteiger partial charge in [-0.25, -0.2) is 9.78 Å². The first kappa shape index (κ1) is 9.73. The molecule has 70 valence electrons. The van der Waals surface area contributed by atoms with E-state index in [2.05, 4.69) is 9.72 Å². The molecular formula is C8H10N2O2S. The van der Waals surface area contributed by atoms with Gasteiger partial charge in [-0.15, -0.1) is 0 Å². The fourth-order valence-corrected chi connectivity index (χ4v) is 1.53. The fourth-order valence-electron chi connectivity index (χ4n) is 0.796. The second-order valence-corrected chi connectivity index (χ2v) is 3.42. The molecule has 0 bridgehead atoms. The summed E-state index contributed by atoms with van der Waals surface area (Å²) in [6.45, 7) is 1.84. The largest absolute Gasteiger partial charge is 0.466 e. The van der Waals surface area contributed by atoms with Crippen molar-refractivity contribution in [2.24, 2.45) is 0 Å². The number of nitrogen functional groups attached to an aromatic ring is 1. The van der Waals surface area contributed by atoms with E-state index in [0.717, 1.165) is 10.6 Å². The van der Waals surface area contributed by atoms with E-state index in [1.165, 1.54) is 24.5 Å². The molecule has 0 aliphatic carbocycles. The predicted octanol–water partition coefficient (Wildman–Crippen LogP) is 1.22. The number of carbonyl (C=O) groups is 1. The Morgan fingerprint density at radius 3 is 2.85 bits per heavy atom. The van der Waals surface area contributed by atoms with E-state index in [0.29, 0.717) is 5.13 Å². The highest BCUT2D eigenvalue weighted by molar-refractivity contribution is 7.16. The lowest BCUT2D eigenvalue weighted by Gasteiger charge is -1.88. The van der Waals surface area contributed by atoms with Gasteiger partial charge in [-0.1, -0.05) is 11.3 Å². The van der Waals surface area contributed by atoms with E-state index in [1.807, 2.05) is 6.92 Å². The van der Waals surface area contributed by atoms with E-state index in [4.69, 9.17) is 5.73 Å². The third kappa shape index (κ3) is 2.55. The molecule has 4 nitrogen and oxygen atoms in total. The van der Waals surface area contributed by atoms with Gasteiger partial charge in [0.15, 0.2) is 5.13 Å². The molecule has 13 heavy (non-hydrogen) atoms. The minimum atomic E-state index is -0.383. The van der Waals surface area contributed by atoms with Crippen molar-refractivity contribution < 1.29 is 9.53 Å². The summed E-state index contributed by atoms with van der Waals surface area (Å²) in [6.07, 6.45) is 3.00. The van der Waals surface area contributed by atoms with Crippen molar-refractivity contribution in [3.8, 4) is 0 Å². The molecule has 0 spiro atoms. The molecule has 0 aromatic carbocycles. The minimum absolute atomic E-state index is 0.383. The van der Waals surface area contributed by atoms with E-state index in [9.17, 15) is 4.79 Å². The number of hydrogen-bond acceptors (Lipinski definition) is 5. The number of carbonyl (C=O) groups excluding carboxylic acids is 1. The lowest BCUT2D eigenvalue weighted by molar-refractivity contribution is -0.134. The van der Waals surface area contributed by atoms with E-state index >= 15 is 0 Å². The molecule has 1 rings (SSSR count). The number of anilines is 1. The van der Waals surface area contributed by atoms with E-state index in [-0.39, 0.29) is 5.97 Å². The summed E-state index contributed by atoms with van der Waals surface area (Å²) in [7, 11) is 1.33. The van der Waals surface area contributed by atoms with Crippen LogP contribution in [0.1, 0.15) is 10.6 Å². The third-order valence-corrected chi connectivity index (χ3v) is 2.37. The van der Waals surface area contributed by atoms with Crippen molar-refractivity contribution in [3.63, 3.8) is 0 Å². The summed E-state index contributed by atoms with van der Waals surface area (Å²) in [5, 5.41) is 0.502. The van der Waals surface area contributed by atoms with Gasteiger partial charge in [-0.2, -0.15) is 0 Å². The zero-order valence-electron chi connectivity index (χ0n) is 7.40. The number of nitrogens with zero attached hydrogens (tertiary/aromatic N) is 1. The molecule has 0 radical (unpaired) electrons. The van der Waals surface area contributed by atoms with Gasteiger partial charge in [0, 0.05) is 6.08 Å². The van der Waals surface area contributed by atoms with Gasteiger partial charge in [0.25, 0.3) is 0 Å². The number of aryl methyl sites for hydroxylation is 1. The number of rotatable bonds is 2. The topological polar surface area (TPSA) is 65.2 Å². The van der Waals surface area contributed by atoms with Crippen molar-refractivity contribution in [2.75, 3.05) is 12.8 Å². The number of thiazole rings is 1. The normalized spacial score (nSPS) is 10.6. The van der Waals surface area contributed by atoms with Gasteiger partial charge >= 0.3 is 5.97 Å². The summed E-state index contributed by atoms with van der Waals surface area (Å²) in [4.78, 5) is 15.6. The molecule has 0 saturated carbocycles. The molecule has 0 unspecified atom stereocenters. The van der Waals surface area contributed by atoms with Gasteiger partial charge in [0.05, 0.1) is 17.7 Å².